The van der Waals surface area contributed by atoms with Crippen LogP contribution in [0.3, 0.4) is 0 Å². The van der Waals surface area contributed by atoms with Crippen molar-refractivity contribution >= 4 is 0 Å². The van der Waals surface area contributed by atoms with Crippen LogP contribution in [0.5, 0.6) is 0 Å². The van der Waals surface area contributed by atoms with E-state index in [0.29, 0.717) is 13.1 Å². The molecule has 0 amide bonds. The molecule has 0 bridgehead atoms. The van der Waals surface area contributed by atoms with Crippen molar-refractivity contribution in [2.24, 2.45) is 5.41 Å². The number of rotatable bonds is 20. The van der Waals surface area contributed by atoms with Gasteiger partial charge in [0.2, 0.25) is 0 Å². The second-order valence-corrected chi connectivity index (χ2v) is 12.3. The number of ether oxygens (including phenoxy) is 1. The SMILES string of the molecule is CC(C)(C)C(O)CNCC(O)CNCC(O)CNC[C@@H](O)CNC[C@@H](O)Cn1c(=O)ccn([C@@H]2O[C@H](CO)[C@@H](O)[C@H]2O)c1=O. The Morgan fingerprint density at radius 1 is 0.773 bits per heavy atom. The van der Waals surface area contributed by atoms with Crippen LogP contribution in [0.25, 0.3) is 0 Å². The van der Waals surface area contributed by atoms with Crippen molar-refractivity contribution in [2.45, 2.75) is 82.4 Å². The molecule has 1 aliphatic rings. The number of hydrogen-bond acceptors (Lipinski definition) is 15. The van der Waals surface area contributed by atoms with E-state index in [1.54, 1.807) is 0 Å². The molecule has 2 heterocycles. The Morgan fingerprint density at radius 2 is 1.23 bits per heavy atom. The minimum absolute atomic E-state index is 0.0649. The predicted molar refractivity (Wildman–Crippen MR) is 159 cm³/mol. The highest BCUT2D eigenvalue weighted by Gasteiger charge is 2.44. The molecule has 1 saturated heterocycles. The molecular formula is C27H52N6O11. The first-order chi connectivity index (χ1) is 20.6. The average molecular weight is 637 g/mol. The lowest BCUT2D eigenvalue weighted by molar-refractivity contribution is -0.0558. The molecule has 44 heavy (non-hydrogen) atoms. The molecule has 1 aromatic rings. The van der Waals surface area contributed by atoms with Crippen molar-refractivity contribution in [1.29, 1.82) is 0 Å². The predicted octanol–water partition coefficient (Wildman–Crippen LogP) is -6.17. The highest BCUT2D eigenvalue weighted by molar-refractivity contribution is 4.95. The molecular weight excluding hydrogens is 584 g/mol. The third-order valence-electron chi connectivity index (χ3n) is 7.28. The Morgan fingerprint density at radius 3 is 1.66 bits per heavy atom. The lowest BCUT2D eigenvalue weighted by atomic mass is 9.89. The van der Waals surface area contributed by atoms with Crippen LogP contribution in [-0.4, -0.2) is 158 Å². The molecule has 2 rings (SSSR count). The summed E-state index contributed by atoms with van der Waals surface area (Å²) in [6, 6.07) is 1.05. The summed E-state index contributed by atoms with van der Waals surface area (Å²) in [6.45, 7) is 6.23. The van der Waals surface area contributed by atoms with Gasteiger partial charge in [-0.3, -0.25) is 13.9 Å². The summed E-state index contributed by atoms with van der Waals surface area (Å²) in [5, 5.41) is 91.8. The van der Waals surface area contributed by atoms with E-state index >= 15 is 0 Å². The van der Waals surface area contributed by atoms with Crippen molar-refractivity contribution in [3.63, 3.8) is 0 Å². The summed E-state index contributed by atoms with van der Waals surface area (Å²) in [5.41, 5.74) is -1.84. The highest BCUT2D eigenvalue weighted by Crippen LogP contribution is 2.27. The van der Waals surface area contributed by atoms with Crippen molar-refractivity contribution in [2.75, 3.05) is 59.0 Å². The quantitative estimate of drug-likeness (QED) is 0.0635. The molecule has 0 aliphatic carbocycles. The fraction of sp³-hybridized carbons (Fsp3) is 0.852. The molecule has 17 heteroatoms. The average Bonchev–Trinajstić information content (AvgIpc) is 3.23. The van der Waals surface area contributed by atoms with Crippen LogP contribution in [-0.2, 0) is 11.3 Å². The maximum absolute atomic E-state index is 12.9. The van der Waals surface area contributed by atoms with E-state index < -0.39 is 79.5 Å². The Hall–Kier alpha value is -1.84. The molecule has 0 radical (unpaired) electrons. The molecule has 1 aromatic heterocycles. The van der Waals surface area contributed by atoms with E-state index in [1.807, 2.05) is 20.8 Å². The monoisotopic (exact) mass is 636 g/mol. The summed E-state index contributed by atoms with van der Waals surface area (Å²) in [4.78, 5) is 25.2. The Kier molecular flexibility index (Phi) is 16.0. The molecule has 0 aromatic carbocycles. The highest BCUT2D eigenvalue weighted by atomic mass is 16.6. The first kappa shape index (κ1) is 38.3. The minimum Gasteiger partial charge on any atom is -0.394 e. The Bertz CT molecular complexity index is 1080. The second-order valence-electron chi connectivity index (χ2n) is 12.3. The van der Waals surface area contributed by atoms with Crippen molar-refractivity contribution in [3.8, 4) is 0 Å². The zero-order chi connectivity index (χ0) is 33.0. The molecule has 0 spiro atoms. The maximum atomic E-state index is 12.9. The number of aliphatic hydroxyl groups is 8. The van der Waals surface area contributed by atoms with Gasteiger partial charge in [0.1, 0.15) is 18.3 Å². The zero-order valence-electron chi connectivity index (χ0n) is 25.6. The fourth-order valence-electron chi connectivity index (χ4n) is 4.44. The van der Waals surface area contributed by atoms with E-state index in [0.717, 1.165) is 21.4 Å². The van der Waals surface area contributed by atoms with Crippen LogP contribution in [0.15, 0.2) is 21.9 Å². The number of hydrogen-bond donors (Lipinski definition) is 12. The molecule has 17 nitrogen and oxygen atoms in total. The van der Waals surface area contributed by atoms with Crippen LogP contribution >= 0.6 is 0 Å². The van der Waals surface area contributed by atoms with Crippen molar-refractivity contribution < 1.29 is 45.6 Å². The van der Waals surface area contributed by atoms with E-state index in [2.05, 4.69) is 21.3 Å². The number of nitrogens with zero attached hydrogens (tertiary/aromatic N) is 2. The van der Waals surface area contributed by atoms with E-state index in [4.69, 9.17) is 4.74 Å². The summed E-state index contributed by atoms with van der Waals surface area (Å²) >= 11 is 0. The van der Waals surface area contributed by atoms with Crippen molar-refractivity contribution in [3.05, 3.63) is 33.1 Å². The molecule has 3 unspecified atom stereocenters. The van der Waals surface area contributed by atoms with Crippen LogP contribution < -0.4 is 32.5 Å². The molecule has 1 fully saturated rings. The van der Waals surface area contributed by atoms with Gasteiger partial charge in [-0.2, -0.15) is 0 Å². The standard InChI is InChI=1S/C27H52N6O11/c1-27(2,3)21(39)13-31-11-18(37)9-29-7-16(35)6-28-8-17(36)10-30-12-19(38)14-33-22(40)4-5-32(26(33)43)25-24(42)23(41)20(15-34)44-25/h4-5,16-21,23-25,28-31,34-39,41-42H,6-15H2,1-3H3/t16?,17-,18?,19-,20-,21?,23-,24-,25-/m1/s1. The summed E-state index contributed by atoms with van der Waals surface area (Å²) < 4.78 is 7.01. The van der Waals surface area contributed by atoms with E-state index in [-0.39, 0.29) is 44.7 Å². The molecule has 12 N–H and O–H groups in total. The van der Waals surface area contributed by atoms with Gasteiger partial charge in [-0.05, 0) is 5.41 Å². The molecule has 9 atom stereocenters. The first-order valence-corrected chi connectivity index (χ1v) is 14.8. The van der Waals surface area contributed by atoms with Gasteiger partial charge in [-0.15, -0.1) is 0 Å². The third kappa shape index (κ3) is 12.2. The minimum atomic E-state index is -1.52. The van der Waals surface area contributed by atoms with Crippen LogP contribution in [0.1, 0.15) is 27.0 Å². The van der Waals surface area contributed by atoms with Gasteiger partial charge >= 0.3 is 5.69 Å². The molecule has 256 valence electrons. The van der Waals surface area contributed by atoms with Crippen LogP contribution in [0.2, 0.25) is 0 Å². The van der Waals surface area contributed by atoms with Gasteiger partial charge in [-0.1, -0.05) is 20.8 Å². The van der Waals surface area contributed by atoms with E-state index in [1.165, 1.54) is 0 Å². The first-order valence-electron chi connectivity index (χ1n) is 14.8. The topological polar surface area (TPSA) is 263 Å². The van der Waals surface area contributed by atoms with Gasteiger partial charge in [0.15, 0.2) is 6.23 Å². The number of nitrogens with one attached hydrogen (secondary N) is 4. The van der Waals surface area contributed by atoms with Gasteiger partial charge in [0.25, 0.3) is 5.56 Å². The number of aromatic nitrogens is 2. The van der Waals surface area contributed by atoms with Crippen LogP contribution in [0.4, 0.5) is 0 Å². The molecule has 0 saturated carbocycles. The third-order valence-corrected chi connectivity index (χ3v) is 7.28. The summed E-state index contributed by atoms with van der Waals surface area (Å²) in [5.74, 6) is 0. The van der Waals surface area contributed by atoms with Gasteiger partial charge in [0, 0.05) is 64.6 Å². The van der Waals surface area contributed by atoms with Gasteiger partial charge in [-0.25, -0.2) is 4.79 Å². The van der Waals surface area contributed by atoms with Gasteiger partial charge in [0.05, 0.1) is 43.7 Å². The largest absolute Gasteiger partial charge is 0.394 e. The summed E-state index contributed by atoms with van der Waals surface area (Å²) in [7, 11) is 0. The normalized spacial score (nSPS) is 24.2. The Balaban J connectivity index is 1.64. The fourth-order valence-corrected chi connectivity index (χ4v) is 4.44. The van der Waals surface area contributed by atoms with Crippen molar-refractivity contribution in [1.82, 2.24) is 30.4 Å². The smallest absolute Gasteiger partial charge is 0.333 e. The molecule has 1 aliphatic heterocycles. The summed E-state index contributed by atoms with van der Waals surface area (Å²) in [6.07, 6.45) is -8.36. The number of aliphatic hydroxyl groups excluding tert-OH is 8. The Labute approximate surface area is 256 Å². The van der Waals surface area contributed by atoms with Crippen LogP contribution in [0, 0.1) is 5.41 Å². The lowest BCUT2D eigenvalue weighted by Crippen LogP contribution is -2.47. The lowest BCUT2D eigenvalue weighted by Gasteiger charge is -2.26. The van der Waals surface area contributed by atoms with E-state index in [9.17, 15) is 50.4 Å². The zero-order valence-corrected chi connectivity index (χ0v) is 25.6. The second kappa shape index (κ2) is 18.3. The van der Waals surface area contributed by atoms with Gasteiger partial charge < -0.3 is 66.9 Å². The maximum Gasteiger partial charge on any atom is 0.333 e.